The average molecular weight is 445 g/mol. The van der Waals surface area contributed by atoms with Crippen LogP contribution in [0.1, 0.15) is 42.7 Å². The summed E-state index contributed by atoms with van der Waals surface area (Å²) in [5.74, 6) is 2.28. The molecule has 3 heterocycles. The van der Waals surface area contributed by atoms with Crippen LogP contribution in [0.3, 0.4) is 0 Å². The predicted molar refractivity (Wildman–Crippen MR) is 136 cm³/mol. The molecule has 1 aliphatic rings. The summed E-state index contributed by atoms with van der Waals surface area (Å²) in [6, 6.07) is 13.4. The molecule has 1 aliphatic carbocycles. The van der Waals surface area contributed by atoms with E-state index < -0.39 is 0 Å². The molecule has 0 saturated carbocycles. The molecular formula is C28H24N6. The summed E-state index contributed by atoms with van der Waals surface area (Å²) in [4.78, 5) is 25.6. The number of hydrogen-bond donors (Lipinski definition) is 2. The lowest BCUT2D eigenvalue weighted by Crippen LogP contribution is -2.03. The summed E-state index contributed by atoms with van der Waals surface area (Å²) in [6.45, 7) is 6.33. The minimum atomic E-state index is 0.313. The lowest BCUT2D eigenvalue weighted by Gasteiger charge is -2.17. The number of aromatic amines is 2. The van der Waals surface area contributed by atoms with Gasteiger partial charge in [-0.15, -0.1) is 0 Å². The number of nitrogens with zero attached hydrogens (tertiary/aromatic N) is 4. The number of hydrogen-bond acceptors (Lipinski definition) is 4. The van der Waals surface area contributed by atoms with E-state index in [4.69, 9.17) is 9.97 Å². The standard InChI is InChI=1S/C28H24N6/c1-14(2)28-33-26-20-8-5-17(11-21(20)22-12-29-13-30-25(22)27(26)34-28)16-4-7-19-18(10-16)6-9-23-24(19)32-15(3)31-23/h4-5,7-8,10-14H,6,9H2,1-3H3,(H,31,32)(H,33,34). The van der Waals surface area contributed by atoms with E-state index in [0.717, 1.165) is 62.9 Å². The van der Waals surface area contributed by atoms with Crippen LogP contribution >= 0.6 is 0 Å². The molecule has 0 unspecified atom stereocenters. The lowest BCUT2D eigenvalue weighted by atomic mass is 9.89. The van der Waals surface area contributed by atoms with Crippen molar-refractivity contribution in [2.45, 2.75) is 39.5 Å². The van der Waals surface area contributed by atoms with Crippen LogP contribution in [0.15, 0.2) is 48.9 Å². The molecule has 34 heavy (non-hydrogen) atoms. The van der Waals surface area contributed by atoms with E-state index in [-0.39, 0.29) is 0 Å². The molecule has 3 aromatic carbocycles. The van der Waals surface area contributed by atoms with Gasteiger partial charge in [0.1, 0.15) is 18.0 Å². The summed E-state index contributed by atoms with van der Waals surface area (Å²) in [5, 5.41) is 3.30. The number of imidazole rings is 2. The first kappa shape index (κ1) is 19.4. The van der Waals surface area contributed by atoms with Crippen molar-refractivity contribution in [3.8, 4) is 22.4 Å². The highest BCUT2D eigenvalue weighted by Gasteiger charge is 2.21. The normalized spacial score (nSPS) is 13.2. The first-order chi connectivity index (χ1) is 16.6. The quantitative estimate of drug-likeness (QED) is 0.309. The summed E-state index contributed by atoms with van der Waals surface area (Å²) in [7, 11) is 0. The van der Waals surface area contributed by atoms with Gasteiger partial charge in [0.2, 0.25) is 0 Å². The zero-order valence-corrected chi connectivity index (χ0v) is 19.4. The molecule has 2 N–H and O–H groups in total. The van der Waals surface area contributed by atoms with Crippen molar-refractivity contribution in [2.24, 2.45) is 0 Å². The van der Waals surface area contributed by atoms with Crippen LogP contribution in [0, 0.1) is 6.92 Å². The third kappa shape index (κ3) is 2.75. The Morgan fingerprint density at radius 3 is 2.59 bits per heavy atom. The van der Waals surface area contributed by atoms with E-state index in [0.29, 0.717) is 5.92 Å². The van der Waals surface area contributed by atoms with Crippen molar-refractivity contribution < 1.29 is 0 Å². The summed E-state index contributed by atoms with van der Waals surface area (Å²) < 4.78 is 0. The second-order valence-corrected chi connectivity index (χ2v) is 9.57. The van der Waals surface area contributed by atoms with Crippen molar-refractivity contribution in [2.75, 3.05) is 0 Å². The van der Waals surface area contributed by atoms with Gasteiger partial charge in [-0.25, -0.2) is 19.9 Å². The first-order valence-corrected chi connectivity index (χ1v) is 11.8. The van der Waals surface area contributed by atoms with Crippen LogP contribution in [0.25, 0.3) is 55.1 Å². The number of H-pyrrole nitrogens is 2. The highest BCUT2D eigenvalue weighted by molar-refractivity contribution is 6.22. The molecule has 0 atom stereocenters. The van der Waals surface area contributed by atoms with Gasteiger partial charge in [-0.2, -0.15) is 0 Å². The number of fused-ring (bicyclic) bond motifs is 9. The van der Waals surface area contributed by atoms with Crippen LogP contribution in [-0.4, -0.2) is 29.9 Å². The Morgan fingerprint density at radius 2 is 1.71 bits per heavy atom. The third-order valence-electron chi connectivity index (χ3n) is 7.02. The van der Waals surface area contributed by atoms with Crippen molar-refractivity contribution in [1.29, 1.82) is 0 Å². The zero-order valence-electron chi connectivity index (χ0n) is 19.4. The molecule has 3 aromatic heterocycles. The fraction of sp³-hybridized carbons (Fsp3) is 0.214. The van der Waals surface area contributed by atoms with Gasteiger partial charge in [-0.3, -0.25) is 0 Å². The second kappa shape index (κ2) is 6.97. The Hall–Kier alpha value is -4.06. The van der Waals surface area contributed by atoms with Gasteiger partial charge in [0.05, 0.1) is 22.2 Å². The molecule has 6 heteroatoms. The van der Waals surface area contributed by atoms with E-state index in [1.807, 2.05) is 13.1 Å². The molecule has 0 fully saturated rings. The Labute approximate surface area is 196 Å². The first-order valence-electron chi connectivity index (χ1n) is 11.8. The number of rotatable bonds is 2. The molecule has 0 saturated heterocycles. The highest BCUT2D eigenvalue weighted by Crippen LogP contribution is 2.38. The van der Waals surface area contributed by atoms with Gasteiger partial charge in [-0.1, -0.05) is 44.2 Å². The van der Waals surface area contributed by atoms with Crippen molar-refractivity contribution >= 4 is 32.7 Å². The zero-order chi connectivity index (χ0) is 23.0. The monoisotopic (exact) mass is 444 g/mol. The maximum Gasteiger partial charge on any atom is 0.116 e. The van der Waals surface area contributed by atoms with E-state index in [9.17, 15) is 0 Å². The van der Waals surface area contributed by atoms with E-state index in [1.54, 1.807) is 6.33 Å². The number of nitrogens with one attached hydrogen (secondary N) is 2. The average Bonchev–Trinajstić information content (AvgIpc) is 3.47. The molecule has 0 bridgehead atoms. The lowest BCUT2D eigenvalue weighted by molar-refractivity contribution is 0.799. The van der Waals surface area contributed by atoms with Gasteiger partial charge in [0, 0.05) is 34.1 Å². The molecular weight excluding hydrogens is 420 g/mol. The number of benzene rings is 3. The molecule has 0 amide bonds. The molecule has 6 aromatic rings. The predicted octanol–water partition coefficient (Wildman–Crippen LogP) is 6.25. The van der Waals surface area contributed by atoms with Crippen LogP contribution in [-0.2, 0) is 12.8 Å². The van der Waals surface area contributed by atoms with E-state index in [1.165, 1.54) is 27.9 Å². The molecule has 166 valence electrons. The Balaban J connectivity index is 1.44. The van der Waals surface area contributed by atoms with Crippen molar-refractivity contribution in [1.82, 2.24) is 29.9 Å². The molecule has 0 spiro atoms. The minimum Gasteiger partial charge on any atom is -0.346 e. The van der Waals surface area contributed by atoms with Crippen LogP contribution < -0.4 is 0 Å². The molecule has 6 nitrogen and oxygen atoms in total. The summed E-state index contributed by atoms with van der Waals surface area (Å²) in [6.07, 6.45) is 5.55. The van der Waals surface area contributed by atoms with Crippen LogP contribution in [0.5, 0.6) is 0 Å². The summed E-state index contributed by atoms with van der Waals surface area (Å²) >= 11 is 0. The largest absolute Gasteiger partial charge is 0.346 e. The van der Waals surface area contributed by atoms with Gasteiger partial charge < -0.3 is 9.97 Å². The van der Waals surface area contributed by atoms with Crippen LogP contribution in [0.2, 0.25) is 0 Å². The number of aryl methyl sites for hydroxylation is 3. The Bertz CT molecular complexity index is 1750. The molecule has 0 aliphatic heterocycles. The second-order valence-electron chi connectivity index (χ2n) is 9.57. The topological polar surface area (TPSA) is 83.1 Å². The maximum absolute atomic E-state index is 4.95. The van der Waals surface area contributed by atoms with Crippen molar-refractivity contribution in [3.63, 3.8) is 0 Å². The van der Waals surface area contributed by atoms with E-state index in [2.05, 4.69) is 70.2 Å². The Morgan fingerprint density at radius 1 is 0.853 bits per heavy atom. The van der Waals surface area contributed by atoms with Gasteiger partial charge >= 0.3 is 0 Å². The fourth-order valence-corrected chi connectivity index (χ4v) is 5.33. The van der Waals surface area contributed by atoms with E-state index >= 15 is 0 Å². The summed E-state index contributed by atoms with van der Waals surface area (Å²) in [5.41, 5.74) is 10.2. The fourth-order valence-electron chi connectivity index (χ4n) is 5.33. The third-order valence-corrected chi connectivity index (χ3v) is 7.02. The molecule has 0 radical (unpaired) electrons. The van der Waals surface area contributed by atoms with Crippen molar-refractivity contribution in [3.05, 3.63) is 71.8 Å². The highest BCUT2D eigenvalue weighted by atomic mass is 14.9. The molecule has 7 rings (SSSR count). The SMILES string of the molecule is Cc1nc2c([nH]1)CCc1cc(-c3ccc4c(c3)c3cncnc3c3[nH]c(C(C)C)nc43)ccc1-2. The number of aromatic nitrogens is 6. The van der Waals surface area contributed by atoms with Gasteiger partial charge in [-0.05, 0) is 47.9 Å². The minimum absolute atomic E-state index is 0.313. The smallest absolute Gasteiger partial charge is 0.116 e. The van der Waals surface area contributed by atoms with Gasteiger partial charge in [0.25, 0.3) is 0 Å². The Kier molecular flexibility index (Phi) is 3.98. The van der Waals surface area contributed by atoms with Gasteiger partial charge in [0.15, 0.2) is 0 Å². The maximum atomic E-state index is 4.95. The van der Waals surface area contributed by atoms with Crippen LogP contribution in [0.4, 0.5) is 0 Å².